The van der Waals surface area contributed by atoms with Gasteiger partial charge in [0.15, 0.2) is 0 Å². The van der Waals surface area contributed by atoms with Crippen LogP contribution < -0.4 is 15.9 Å². The third-order valence-electron chi connectivity index (χ3n) is 1.53. The molecule has 16 heavy (non-hydrogen) atoms. The Bertz CT molecular complexity index is 625. The molecule has 4 N–H and O–H groups in total. The average molecular weight is 242 g/mol. The van der Waals surface area contributed by atoms with Crippen LogP contribution >= 0.6 is 0 Å². The van der Waals surface area contributed by atoms with E-state index in [1.807, 2.05) is 18.2 Å². The summed E-state index contributed by atoms with van der Waals surface area (Å²) >= 11 is 0. The highest BCUT2D eigenvalue weighted by molar-refractivity contribution is 7.86. The standard InChI is InChI=1S/C9H6O2.H4N2O2S/c10-9-6-5-7-3-1-2-4-8(7)11-9;1-5(2,3)4/h1-6H;(H4,1,2,3,4). The van der Waals surface area contributed by atoms with Crippen molar-refractivity contribution in [3.63, 3.8) is 0 Å². The van der Waals surface area contributed by atoms with Crippen LogP contribution in [0.15, 0.2) is 45.6 Å². The predicted molar refractivity (Wildman–Crippen MR) is 59.8 cm³/mol. The van der Waals surface area contributed by atoms with Gasteiger partial charge in [-0.05, 0) is 12.1 Å². The maximum atomic E-state index is 10.7. The van der Waals surface area contributed by atoms with Crippen LogP contribution in [0, 0.1) is 0 Å². The molecule has 0 aliphatic carbocycles. The molecule has 0 spiro atoms. The van der Waals surface area contributed by atoms with Gasteiger partial charge >= 0.3 is 5.63 Å². The first-order chi connectivity index (χ1) is 7.36. The van der Waals surface area contributed by atoms with Crippen LogP contribution in [0.5, 0.6) is 0 Å². The van der Waals surface area contributed by atoms with Crippen LogP contribution in [0.2, 0.25) is 0 Å². The minimum atomic E-state index is -3.67. The second kappa shape index (κ2) is 4.88. The topological polar surface area (TPSA) is 116 Å². The molecule has 1 aromatic heterocycles. The van der Waals surface area contributed by atoms with E-state index in [0.29, 0.717) is 5.58 Å². The maximum Gasteiger partial charge on any atom is 0.336 e. The molecule has 0 unspecified atom stereocenters. The van der Waals surface area contributed by atoms with Gasteiger partial charge in [-0.3, -0.25) is 0 Å². The second-order valence-electron chi connectivity index (χ2n) is 2.88. The number of hydrogen-bond acceptors (Lipinski definition) is 4. The number of nitrogens with two attached hydrogens (primary N) is 2. The van der Waals surface area contributed by atoms with E-state index in [-0.39, 0.29) is 5.63 Å². The quantitative estimate of drug-likeness (QED) is 0.629. The fraction of sp³-hybridized carbons (Fsp3) is 0. The Labute approximate surface area is 91.7 Å². The van der Waals surface area contributed by atoms with E-state index in [2.05, 4.69) is 10.3 Å². The van der Waals surface area contributed by atoms with Crippen molar-refractivity contribution in [2.45, 2.75) is 0 Å². The van der Waals surface area contributed by atoms with Crippen LogP contribution in [0.25, 0.3) is 11.0 Å². The zero-order valence-electron chi connectivity index (χ0n) is 8.16. The fourth-order valence-corrected chi connectivity index (χ4v) is 1.01. The van der Waals surface area contributed by atoms with Gasteiger partial charge in [-0.15, -0.1) is 0 Å². The van der Waals surface area contributed by atoms with E-state index in [9.17, 15) is 13.2 Å². The highest BCUT2D eigenvalue weighted by atomic mass is 32.2. The molecule has 86 valence electrons. The van der Waals surface area contributed by atoms with E-state index >= 15 is 0 Å². The highest BCUT2D eigenvalue weighted by Crippen LogP contribution is 2.08. The predicted octanol–water partition coefficient (Wildman–Crippen LogP) is -0.0584. The molecule has 0 saturated heterocycles. The van der Waals surface area contributed by atoms with Gasteiger partial charge in [-0.1, -0.05) is 18.2 Å². The Hall–Kier alpha value is -1.70. The molecule has 6 nitrogen and oxygen atoms in total. The first-order valence-electron chi connectivity index (χ1n) is 4.16. The Morgan fingerprint density at radius 1 is 1.00 bits per heavy atom. The monoisotopic (exact) mass is 242 g/mol. The molecule has 0 bridgehead atoms. The molecule has 0 amide bonds. The second-order valence-corrected chi connectivity index (χ2v) is 4.06. The molecule has 7 heteroatoms. The molecule has 0 aliphatic heterocycles. The van der Waals surface area contributed by atoms with Crippen molar-refractivity contribution in [2.24, 2.45) is 10.3 Å². The minimum Gasteiger partial charge on any atom is -0.423 e. The highest BCUT2D eigenvalue weighted by Gasteiger charge is 1.92. The van der Waals surface area contributed by atoms with Crippen molar-refractivity contribution in [2.75, 3.05) is 0 Å². The summed E-state index contributed by atoms with van der Waals surface area (Å²) in [6.45, 7) is 0. The first-order valence-corrected chi connectivity index (χ1v) is 5.76. The zero-order chi connectivity index (χ0) is 12.2. The van der Waals surface area contributed by atoms with Crippen molar-refractivity contribution in [1.29, 1.82) is 0 Å². The van der Waals surface area contributed by atoms with Gasteiger partial charge in [-0.2, -0.15) is 8.42 Å². The summed E-state index contributed by atoms with van der Waals surface area (Å²) in [4.78, 5) is 10.7. The molecule has 1 heterocycles. The van der Waals surface area contributed by atoms with Crippen molar-refractivity contribution in [3.05, 3.63) is 46.8 Å². The van der Waals surface area contributed by atoms with Gasteiger partial charge in [0.25, 0.3) is 10.2 Å². The maximum absolute atomic E-state index is 10.7. The lowest BCUT2D eigenvalue weighted by Crippen LogP contribution is -2.21. The smallest absolute Gasteiger partial charge is 0.336 e. The van der Waals surface area contributed by atoms with E-state index < -0.39 is 10.2 Å². The molecule has 0 atom stereocenters. The van der Waals surface area contributed by atoms with Crippen LogP contribution in [0.3, 0.4) is 0 Å². The lowest BCUT2D eigenvalue weighted by molar-refractivity contribution is 0.561. The molecule has 0 radical (unpaired) electrons. The molecule has 0 fully saturated rings. The lowest BCUT2D eigenvalue weighted by Gasteiger charge is -1.91. The van der Waals surface area contributed by atoms with Gasteiger partial charge < -0.3 is 4.42 Å². The number of hydrogen-bond donors (Lipinski definition) is 2. The van der Waals surface area contributed by atoms with Crippen molar-refractivity contribution >= 4 is 21.2 Å². The van der Waals surface area contributed by atoms with Gasteiger partial charge in [0.2, 0.25) is 0 Å². The Morgan fingerprint density at radius 3 is 2.19 bits per heavy atom. The Kier molecular flexibility index (Phi) is 3.78. The summed E-state index contributed by atoms with van der Waals surface area (Å²) in [6, 6.07) is 10.6. The summed E-state index contributed by atoms with van der Waals surface area (Å²) in [6.07, 6.45) is 0. The minimum absolute atomic E-state index is 0.302. The third kappa shape index (κ3) is 4.69. The fourth-order valence-electron chi connectivity index (χ4n) is 1.01. The van der Waals surface area contributed by atoms with Crippen LogP contribution in [0.4, 0.5) is 0 Å². The first kappa shape index (κ1) is 12.4. The molecule has 2 aromatic rings. The third-order valence-corrected chi connectivity index (χ3v) is 1.53. The number of fused-ring (bicyclic) bond motifs is 1. The van der Waals surface area contributed by atoms with Crippen molar-refractivity contribution < 1.29 is 12.8 Å². The van der Waals surface area contributed by atoms with Crippen LogP contribution in [0.1, 0.15) is 0 Å². The SMILES string of the molecule is NS(N)(=O)=O.O=c1ccc2ccccc2o1. The molecular formula is C9H10N2O4S. The van der Waals surface area contributed by atoms with Gasteiger partial charge in [0, 0.05) is 11.5 Å². The molecular weight excluding hydrogens is 232 g/mol. The average Bonchev–Trinajstić information content (AvgIpc) is 2.15. The van der Waals surface area contributed by atoms with Gasteiger partial charge in [0.05, 0.1) is 0 Å². The van der Waals surface area contributed by atoms with Crippen molar-refractivity contribution in [3.8, 4) is 0 Å². The van der Waals surface area contributed by atoms with E-state index in [1.165, 1.54) is 6.07 Å². The molecule has 2 rings (SSSR count). The number of benzene rings is 1. The summed E-state index contributed by atoms with van der Waals surface area (Å²) in [5, 5.41) is 9.16. The summed E-state index contributed by atoms with van der Waals surface area (Å²) in [5.41, 5.74) is 0.337. The van der Waals surface area contributed by atoms with Crippen LogP contribution in [-0.4, -0.2) is 8.42 Å². The Balaban J connectivity index is 0.000000221. The zero-order valence-corrected chi connectivity index (χ0v) is 8.98. The number of rotatable bonds is 0. The summed E-state index contributed by atoms with van der Waals surface area (Å²) < 4.78 is 23.3. The van der Waals surface area contributed by atoms with Crippen LogP contribution in [-0.2, 0) is 10.2 Å². The normalized spacial score (nSPS) is 10.6. The summed E-state index contributed by atoms with van der Waals surface area (Å²) in [7, 11) is -3.67. The lowest BCUT2D eigenvalue weighted by atomic mass is 10.2. The number of para-hydroxylation sites is 1. The molecule has 0 aliphatic rings. The van der Waals surface area contributed by atoms with Gasteiger partial charge in [-0.25, -0.2) is 15.1 Å². The van der Waals surface area contributed by atoms with E-state index in [4.69, 9.17) is 4.42 Å². The molecule has 1 aromatic carbocycles. The van der Waals surface area contributed by atoms with Crippen molar-refractivity contribution in [1.82, 2.24) is 0 Å². The molecule has 0 saturated carbocycles. The largest absolute Gasteiger partial charge is 0.423 e. The summed E-state index contributed by atoms with van der Waals surface area (Å²) in [5.74, 6) is 0. The van der Waals surface area contributed by atoms with E-state index in [1.54, 1.807) is 12.1 Å². The van der Waals surface area contributed by atoms with Gasteiger partial charge in [0.1, 0.15) is 5.58 Å². The Morgan fingerprint density at radius 2 is 1.56 bits per heavy atom. The van der Waals surface area contributed by atoms with E-state index in [0.717, 1.165) is 5.39 Å².